The molecule has 0 aliphatic heterocycles. The molecule has 2 aromatic carbocycles. The van der Waals surface area contributed by atoms with Gasteiger partial charge in [-0.1, -0.05) is 25.0 Å². The molecule has 1 aliphatic carbocycles. The van der Waals surface area contributed by atoms with Crippen LogP contribution in [0.15, 0.2) is 63.4 Å². The average molecular weight is 421 g/mol. The largest absolute Gasteiger partial charge is 0.278 e. The monoisotopic (exact) mass is 420 g/mol. The smallest absolute Gasteiger partial charge is 0.181 e. The van der Waals surface area contributed by atoms with Crippen molar-refractivity contribution in [1.29, 1.82) is 0 Å². The van der Waals surface area contributed by atoms with E-state index in [0.29, 0.717) is 16.3 Å². The van der Waals surface area contributed by atoms with Gasteiger partial charge in [0.15, 0.2) is 19.7 Å². The summed E-state index contributed by atoms with van der Waals surface area (Å²) in [6.45, 7) is 1.82. The van der Waals surface area contributed by atoms with Crippen LogP contribution in [0.5, 0.6) is 0 Å². The van der Waals surface area contributed by atoms with Crippen LogP contribution in [0, 0.1) is 0 Å². The van der Waals surface area contributed by atoms with Crippen molar-refractivity contribution in [1.82, 2.24) is 0 Å². The van der Waals surface area contributed by atoms with Crippen LogP contribution in [0.4, 0.5) is 5.69 Å². The summed E-state index contributed by atoms with van der Waals surface area (Å²) in [7, 11) is -6.49. The molecule has 0 amide bonds. The first kappa shape index (κ1) is 20.5. The molecule has 150 valence electrons. The highest BCUT2D eigenvalue weighted by Gasteiger charge is 2.30. The van der Waals surface area contributed by atoms with Crippen LogP contribution in [0.1, 0.15) is 38.2 Å². The third kappa shape index (κ3) is 4.62. The molecule has 0 unspecified atom stereocenters. The average Bonchev–Trinajstić information content (AvgIpc) is 3.21. The molecule has 0 aromatic heterocycles. The lowest BCUT2D eigenvalue weighted by Crippen LogP contribution is -2.17. The highest BCUT2D eigenvalue weighted by atomic mass is 32.2. The number of hydrogen-bond acceptors (Lipinski definition) is 6. The number of nitrogens with zero attached hydrogens (tertiary/aromatic N) is 1. The van der Waals surface area contributed by atoms with E-state index in [1.807, 2.05) is 6.92 Å². The van der Waals surface area contributed by atoms with E-state index in [2.05, 4.69) is 10.5 Å². The number of rotatable bonds is 6. The Morgan fingerprint density at radius 3 is 1.96 bits per heavy atom. The molecular formula is C20H24N2O4S2. The predicted octanol–water partition coefficient (Wildman–Crippen LogP) is 3.64. The highest BCUT2D eigenvalue weighted by Crippen LogP contribution is 2.29. The summed E-state index contributed by atoms with van der Waals surface area (Å²) < 4.78 is 48.3. The van der Waals surface area contributed by atoms with Crippen molar-refractivity contribution in [2.45, 2.75) is 47.6 Å². The fraction of sp³-hybridized carbons (Fsp3) is 0.350. The van der Waals surface area contributed by atoms with Gasteiger partial charge in [0.25, 0.3) is 0 Å². The van der Waals surface area contributed by atoms with E-state index >= 15 is 0 Å². The maximum Gasteiger partial charge on any atom is 0.181 e. The van der Waals surface area contributed by atoms with Crippen molar-refractivity contribution < 1.29 is 16.8 Å². The molecule has 28 heavy (non-hydrogen) atoms. The molecule has 1 aliphatic rings. The van der Waals surface area contributed by atoms with E-state index in [-0.39, 0.29) is 10.1 Å². The van der Waals surface area contributed by atoms with Gasteiger partial charge in [-0.2, -0.15) is 5.10 Å². The highest BCUT2D eigenvalue weighted by molar-refractivity contribution is 7.92. The maximum absolute atomic E-state index is 12.6. The molecule has 2 aromatic rings. The van der Waals surface area contributed by atoms with Gasteiger partial charge >= 0.3 is 0 Å². The van der Waals surface area contributed by atoms with Crippen LogP contribution in [-0.4, -0.2) is 34.1 Å². The van der Waals surface area contributed by atoms with Crippen molar-refractivity contribution in [3.8, 4) is 0 Å². The van der Waals surface area contributed by atoms with Gasteiger partial charge in [0.1, 0.15) is 0 Å². The topological polar surface area (TPSA) is 92.7 Å². The van der Waals surface area contributed by atoms with E-state index in [9.17, 15) is 16.8 Å². The first-order valence-corrected chi connectivity index (χ1v) is 12.6. The Kier molecular flexibility index (Phi) is 5.90. The molecule has 8 heteroatoms. The van der Waals surface area contributed by atoms with Crippen molar-refractivity contribution in [2.75, 3.05) is 11.7 Å². The summed E-state index contributed by atoms with van der Waals surface area (Å²) in [6.07, 6.45) is 4.60. The Morgan fingerprint density at radius 1 is 0.893 bits per heavy atom. The molecule has 0 bridgehead atoms. The van der Waals surface area contributed by atoms with Gasteiger partial charge in [0.05, 0.1) is 26.4 Å². The molecule has 1 N–H and O–H groups in total. The SMILES string of the molecule is C/C(=N\Nc1ccc(S(C)(=O)=O)cc1)c1ccc(S(=O)(=O)C2CCCC2)cc1. The number of nitrogens with one attached hydrogen (secondary N) is 1. The molecule has 0 atom stereocenters. The molecule has 1 fully saturated rings. The predicted molar refractivity (Wildman–Crippen MR) is 111 cm³/mol. The van der Waals surface area contributed by atoms with Gasteiger partial charge in [0, 0.05) is 6.26 Å². The molecule has 0 heterocycles. The second kappa shape index (κ2) is 8.05. The second-order valence-corrected chi connectivity index (χ2v) is 11.3. The van der Waals surface area contributed by atoms with Crippen LogP contribution < -0.4 is 5.43 Å². The van der Waals surface area contributed by atoms with Crippen LogP contribution in [0.3, 0.4) is 0 Å². The van der Waals surface area contributed by atoms with E-state index in [1.54, 1.807) is 36.4 Å². The number of hydrogen-bond donors (Lipinski definition) is 1. The molecule has 0 radical (unpaired) electrons. The van der Waals surface area contributed by atoms with Crippen molar-refractivity contribution >= 4 is 31.1 Å². The van der Waals surface area contributed by atoms with Crippen molar-refractivity contribution in [3.05, 3.63) is 54.1 Å². The lowest BCUT2D eigenvalue weighted by atomic mass is 10.1. The minimum Gasteiger partial charge on any atom is -0.278 e. The standard InChI is InChI=1S/C20H24N2O4S2/c1-15(21-22-17-9-13-18(14-10-17)27(2,23)24)16-7-11-20(12-8-16)28(25,26)19-5-3-4-6-19/h7-14,19,22H,3-6H2,1-2H3/b21-15+. The van der Waals surface area contributed by atoms with Crippen LogP contribution in [0.25, 0.3) is 0 Å². The zero-order chi connectivity index (χ0) is 20.4. The van der Waals surface area contributed by atoms with Gasteiger partial charge in [-0.15, -0.1) is 0 Å². The van der Waals surface area contributed by atoms with E-state index in [1.165, 1.54) is 12.1 Å². The Hall–Kier alpha value is -2.19. The normalized spacial score (nSPS) is 16.3. The Balaban J connectivity index is 1.71. The minimum absolute atomic E-state index is 0.248. The van der Waals surface area contributed by atoms with E-state index in [4.69, 9.17) is 0 Å². The lowest BCUT2D eigenvalue weighted by molar-refractivity contribution is 0.579. The summed E-state index contributed by atoms with van der Waals surface area (Å²) in [6, 6.07) is 13.1. The molecule has 0 spiro atoms. The Bertz CT molecular complexity index is 1070. The van der Waals surface area contributed by atoms with Crippen molar-refractivity contribution in [3.63, 3.8) is 0 Å². The zero-order valence-corrected chi connectivity index (χ0v) is 17.6. The molecule has 3 rings (SSSR count). The fourth-order valence-electron chi connectivity index (χ4n) is 3.27. The number of anilines is 1. The first-order valence-electron chi connectivity index (χ1n) is 9.13. The van der Waals surface area contributed by atoms with Gasteiger partial charge in [-0.25, -0.2) is 16.8 Å². The number of benzene rings is 2. The van der Waals surface area contributed by atoms with Crippen molar-refractivity contribution in [2.24, 2.45) is 5.10 Å². The molecule has 0 saturated heterocycles. The van der Waals surface area contributed by atoms with Gasteiger partial charge < -0.3 is 0 Å². The fourth-order valence-corrected chi connectivity index (χ4v) is 5.75. The Labute approximate surface area is 166 Å². The molecule has 1 saturated carbocycles. The second-order valence-electron chi connectivity index (χ2n) is 7.08. The zero-order valence-electron chi connectivity index (χ0n) is 15.9. The number of hydrazone groups is 1. The third-order valence-electron chi connectivity index (χ3n) is 4.98. The summed E-state index contributed by atoms with van der Waals surface area (Å²) >= 11 is 0. The van der Waals surface area contributed by atoms with Gasteiger partial charge in [-0.05, 0) is 61.7 Å². The van der Waals surface area contributed by atoms with Crippen LogP contribution in [-0.2, 0) is 19.7 Å². The number of sulfone groups is 2. The van der Waals surface area contributed by atoms with Crippen LogP contribution in [0.2, 0.25) is 0 Å². The molecule has 6 nitrogen and oxygen atoms in total. The molecular weight excluding hydrogens is 396 g/mol. The quantitative estimate of drug-likeness (QED) is 0.569. The minimum atomic E-state index is -3.26. The lowest BCUT2D eigenvalue weighted by Gasteiger charge is -2.11. The van der Waals surface area contributed by atoms with Crippen LogP contribution >= 0.6 is 0 Å². The van der Waals surface area contributed by atoms with E-state index in [0.717, 1.165) is 37.5 Å². The summed E-state index contributed by atoms with van der Waals surface area (Å²) in [4.78, 5) is 0.609. The van der Waals surface area contributed by atoms with Gasteiger partial charge in [0.2, 0.25) is 0 Å². The van der Waals surface area contributed by atoms with E-state index < -0.39 is 19.7 Å². The summed E-state index contributed by atoms with van der Waals surface area (Å²) in [5.41, 5.74) is 5.05. The third-order valence-corrected chi connectivity index (χ3v) is 8.38. The summed E-state index contributed by atoms with van der Waals surface area (Å²) in [5.74, 6) is 0. The Morgan fingerprint density at radius 2 is 1.43 bits per heavy atom. The summed E-state index contributed by atoms with van der Waals surface area (Å²) in [5, 5.41) is 4.03. The van der Waals surface area contributed by atoms with Gasteiger partial charge in [-0.3, -0.25) is 5.43 Å². The maximum atomic E-state index is 12.6. The first-order chi connectivity index (χ1) is 13.2.